The molecule has 12 atom stereocenters. The second-order valence-electron chi connectivity index (χ2n) is 13.3. The molecule has 242 valence electrons. The molecule has 6 aliphatic rings. The molecule has 2 saturated carbocycles. The Kier molecular flexibility index (Phi) is 5.78. The predicted octanol–water partition coefficient (Wildman–Crippen LogP) is 1.32. The molecule has 0 amide bonds. The summed E-state index contributed by atoms with van der Waals surface area (Å²) in [6, 6.07) is 0. The smallest absolute Gasteiger partial charge is 0.343 e. The van der Waals surface area contributed by atoms with Gasteiger partial charge < -0.3 is 39.0 Å². The van der Waals surface area contributed by atoms with Crippen LogP contribution in [0.2, 0.25) is 0 Å². The Morgan fingerprint density at radius 3 is 2.18 bits per heavy atom. The average molecular weight is 643 g/mol. The van der Waals surface area contributed by atoms with E-state index < -0.39 is 135 Å². The van der Waals surface area contributed by atoms with Crippen molar-refractivity contribution in [2.75, 3.05) is 0 Å². The average Bonchev–Trinajstić information content (AvgIpc) is 3.66. The topological polar surface area (TPSA) is 207 Å². The van der Waals surface area contributed by atoms with E-state index in [9.17, 15) is 47.3 Å². The Bertz CT molecular complexity index is 1640. The van der Waals surface area contributed by atoms with Crippen molar-refractivity contribution in [2.24, 2.45) is 33.2 Å². The number of rotatable bonds is 4. The first-order valence-electron chi connectivity index (χ1n) is 13.8. The van der Waals surface area contributed by atoms with Crippen LogP contribution in [0.15, 0.2) is 5.11 Å². The molecule has 45 heavy (non-hydrogen) atoms. The molecule has 4 aliphatic heterocycles. The first-order chi connectivity index (χ1) is 20.9. The molecular weight excluding hydrogens is 618 g/mol. The van der Waals surface area contributed by atoms with Crippen LogP contribution in [0.3, 0.4) is 0 Å². The standard InChI is InChI=1S/C27H25F4N3O11/c1-6-19(37)42-17-15(36)25-16-13(35)14(23(2,3)4)24(25)18(20(38)44-22(24)45-27(25,21(39)43-16)26(6,17)40)41-5-7-8(28)10(30)12(33-34-32)11(31)9(7)29/h6,13-18,22,35-36,40H,5H2,1-4H3/t6-,13-,14+,15+,16-,17+,18+,22+,24-,25+,26-,27-/m1/s1. The highest BCUT2D eigenvalue weighted by Gasteiger charge is 3.05. The molecule has 4 heterocycles. The van der Waals surface area contributed by atoms with E-state index in [4.69, 9.17) is 29.2 Å². The molecule has 0 aromatic heterocycles. The van der Waals surface area contributed by atoms with Crippen LogP contribution in [0.1, 0.15) is 33.3 Å². The number of benzene rings is 1. The number of nitrogens with zero attached hydrogens (tertiary/aromatic N) is 3. The number of aliphatic hydroxyl groups is 3. The molecule has 3 N–H and O–H groups in total. The summed E-state index contributed by atoms with van der Waals surface area (Å²) in [5.74, 6) is -14.5. The van der Waals surface area contributed by atoms with E-state index in [2.05, 4.69) is 10.0 Å². The van der Waals surface area contributed by atoms with Crippen LogP contribution in [0.4, 0.5) is 23.2 Å². The number of fused-ring (bicyclic) bond motifs is 1. The summed E-state index contributed by atoms with van der Waals surface area (Å²) in [5.41, 5.74) is -5.39. The SMILES string of the molecule is C[C@@H]1C(=O)O[C@H]2[C@H](O)[C@@]34[C@@H]5OC(=O)[C@]3(O[C@@H]3OC(=O)[C@H](OCc6c(F)c(F)c(N=[N+]=[N-])c(F)c6F)[C@]34[C@H](C(C)(C)C)[C@H]5O)[C@@]12O. The van der Waals surface area contributed by atoms with Crippen LogP contribution >= 0.6 is 0 Å². The number of halogens is 4. The van der Waals surface area contributed by atoms with Crippen molar-refractivity contribution in [2.45, 2.75) is 82.3 Å². The molecule has 6 fully saturated rings. The zero-order valence-corrected chi connectivity index (χ0v) is 23.8. The fourth-order valence-electron chi connectivity index (χ4n) is 9.54. The van der Waals surface area contributed by atoms with Gasteiger partial charge in [0.05, 0.1) is 35.0 Å². The maximum Gasteiger partial charge on any atom is 0.343 e. The number of hydrogen-bond acceptors (Lipinski definition) is 12. The van der Waals surface area contributed by atoms with Crippen molar-refractivity contribution in [3.63, 3.8) is 0 Å². The van der Waals surface area contributed by atoms with E-state index in [1.165, 1.54) is 6.92 Å². The van der Waals surface area contributed by atoms with Crippen LogP contribution in [0, 0.1) is 51.3 Å². The molecule has 1 aromatic rings. The quantitative estimate of drug-likeness (QED) is 0.0811. The number of aliphatic hydroxyl groups excluding tert-OH is 2. The van der Waals surface area contributed by atoms with Gasteiger partial charge in [-0.1, -0.05) is 25.9 Å². The van der Waals surface area contributed by atoms with Gasteiger partial charge in [0.2, 0.25) is 11.9 Å². The highest BCUT2D eigenvalue weighted by Crippen LogP contribution is 2.84. The lowest BCUT2D eigenvalue weighted by molar-refractivity contribution is -0.240. The van der Waals surface area contributed by atoms with Crippen molar-refractivity contribution < 1.29 is 70.9 Å². The zero-order valence-electron chi connectivity index (χ0n) is 23.8. The number of hydrogen-bond donors (Lipinski definition) is 3. The Hall–Kier alpha value is -3.54. The zero-order chi connectivity index (χ0) is 33.0. The van der Waals surface area contributed by atoms with Crippen molar-refractivity contribution in [3.05, 3.63) is 39.3 Å². The number of esters is 3. The Labute approximate surface area is 249 Å². The maximum atomic E-state index is 15.0. The van der Waals surface area contributed by atoms with E-state index in [1.54, 1.807) is 20.8 Å². The number of carbonyl (C=O) groups excluding carboxylic acids is 3. The summed E-state index contributed by atoms with van der Waals surface area (Å²) in [5, 5.41) is 38.7. The number of azide groups is 1. The molecule has 0 bridgehead atoms. The first kappa shape index (κ1) is 30.1. The van der Waals surface area contributed by atoms with Gasteiger partial charge in [-0.15, -0.1) is 0 Å². The van der Waals surface area contributed by atoms with E-state index in [1.807, 2.05) is 0 Å². The van der Waals surface area contributed by atoms with Crippen LogP contribution in [0.5, 0.6) is 0 Å². The Balaban J connectivity index is 1.45. The summed E-state index contributed by atoms with van der Waals surface area (Å²) in [6.45, 7) is 4.70. The molecule has 1 aromatic carbocycles. The van der Waals surface area contributed by atoms with E-state index in [-0.39, 0.29) is 0 Å². The van der Waals surface area contributed by atoms with Gasteiger partial charge in [0, 0.05) is 10.8 Å². The van der Waals surface area contributed by atoms with Crippen molar-refractivity contribution in [1.82, 2.24) is 0 Å². The van der Waals surface area contributed by atoms with Crippen molar-refractivity contribution in [1.29, 1.82) is 0 Å². The highest BCUT2D eigenvalue weighted by molar-refractivity contribution is 5.94. The van der Waals surface area contributed by atoms with Crippen molar-refractivity contribution in [3.8, 4) is 0 Å². The van der Waals surface area contributed by atoms with Gasteiger partial charge in [-0.3, -0.25) is 4.79 Å². The largest absolute Gasteiger partial charge is 0.456 e. The third-order valence-electron chi connectivity index (χ3n) is 10.8. The summed E-state index contributed by atoms with van der Waals surface area (Å²) < 4.78 is 87.5. The van der Waals surface area contributed by atoms with Gasteiger partial charge in [-0.2, -0.15) is 0 Å². The minimum Gasteiger partial charge on any atom is -0.456 e. The molecule has 2 spiro atoms. The summed E-state index contributed by atoms with van der Waals surface area (Å²) in [4.78, 5) is 42.2. The van der Waals surface area contributed by atoms with Gasteiger partial charge in [-0.25, -0.2) is 27.2 Å². The summed E-state index contributed by atoms with van der Waals surface area (Å²) in [7, 11) is 0. The van der Waals surface area contributed by atoms with E-state index in [0.29, 0.717) is 0 Å². The molecule has 4 saturated heterocycles. The fourth-order valence-corrected chi connectivity index (χ4v) is 9.54. The molecule has 18 heteroatoms. The molecular formula is C27H25F4N3O11. The second kappa shape index (κ2) is 8.63. The highest BCUT2D eigenvalue weighted by atomic mass is 19.2. The second-order valence-corrected chi connectivity index (χ2v) is 13.3. The molecule has 14 nitrogen and oxygen atoms in total. The van der Waals surface area contributed by atoms with Crippen LogP contribution in [-0.2, 0) is 44.7 Å². The third kappa shape index (κ3) is 2.79. The Morgan fingerprint density at radius 1 is 0.978 bits per heavy atom. The van der Waals surface area contributed by atoms with Crippen molar-refractivity contribution >= 4 is 23.6 Å². The van der Waals surface area contributed by atoms with Gasteiger partial charge in [0.1, 0.15) is 17.9 Å². The lowest BCUT2D eigenvalue weighted by Gasteiger charge is -2.48. The lowest BCUT2D eigenvalue weighted by atomic mass is 9.51. The maximum absolute atomic E-state index is 15.0. The molecule has 7 rings (SSSR count). The van der Waals surface area contributed by atoms with Crippen LogP contribution in [-0.4, -0.2) is 81.2 Å². The molecule has 0 radical (unpaired) electrons. The summed E-state index contributed by atoms with van der Waals surface area (Å²) >= 11 is 0. The number of ether oxygens (including phenoxy) is 5. The van der Waals surface area contributed by atoms with Gasteiger partial charge in [0.25, 0.3) is 0 Å². The molecule has 0 unspecified atom stereocenters. The normalized spacial score (nSPS) is 45.4. The number of carbonyl (C=O) groups is 3. The minimum atomic E-state index is -2.69. The van der Waals surface area contributed by atoms with E-state index in [0.717, 1.165) is 0 Å². The minimum absolute atomic E-state index is 0.994. The lowest BCUT2D eigenvalue weighted by Crippen LogP contribution is -2.67. The molecule has 2 aliphatic carbocycles. The third-order valence-corrected chi connectivity index (χ3v) is 10.8. The predicted molar refractivity (Wildman–Crippen MR) is 131 cm³/mol. The van der Waals surface area contributed by atoms with Gasteiger partial charge in [0.15, 0.2) is 41.1 Å². The monoisotopic (exact) mass is 643 g/mol. The first-order valence-corrected chi connectivity index (χ1v) is 13.8. The van der Waals surface area contributed by atoms with Gasteiger partial charge >= 0.3 is 17.9 Å². The van der Waals surface area contributed by atoms with Gasteiger partial charge in [-0.05, 0) is 17.9 Å². The fraction of sp³-hybridized carbons (Fsp3) is 0.667. The summed E-state index contributed by atoms with van der Waals surface area (Å²) in [6.07, 6.45) is -11.3. The van der Waals surface area contributed by atoms with E-state index >= 15 is 0 Å². The Morgan fingerprint density at radius 2 is 1.60 bits per heavy atom. The van der Waals surface area contributed by atoms with Crippen LogP contribution in [0.25, 0.3) is 10.4 Å². The van der Waals surface area contributed by atoms with Crippen LogP contribution < -0.4 is 0 Å².